The number of hydrogen-bond donors (Lipinski definition) is 0. The summed E-state index contributed by atoms with van der Waals surface area (Å²) in [5, 5.41) is 0. The summed E-state index contributed by atoms with van der Waals surface area (Å²) in [7, 11) is 0. The second-order valence-electron chi connectivity index (χ2n) is 4.49. The highest BCUT2D eigenvalue weighted by Crippen LogP contribution is 2.39. The minimum atomic E-state index is 1.13. The molecule has 2 aromatic rings. The van der Waals surface area contributed by atoms with Crippen LogP contribution in [-0.4, -0.2) is 0 Å². The van der Waals surface area contributed by atoms with E-state index in [4.69, 9.17) is 0 Å². The van der Waals surface area contributed by atoms with Gasteiger partial charge < -0.3 is 0 Å². The van der Waals surface area contributed by atoms with E-state index in [1.54, 1.807) is 0 Å². The Labute approximate surface area is 102 Å². The van der Waals surface area contributed by atoms with E-state index in [2.05, 4.69) is 68.1 Å². The fourth-order valence-corrected chi connectivity index (χ4v) is 2.36. The molecular weight excluding hydrogens is 204 g/mol. The molecule has 0 unspecified atom stereocenters. The van der Waals surface area contributed by atoms with E-state index in [-0.39, 0.29) is 0 Å². The van der Waals surface area contributed by atoms with Crippen LogP contribution >= 0.6 is 0 Å². The maximum atomic E-state index is 4.21. The van der Waals surface area contributed by atoms with E-state index in [0.717, 1.165) is 5.57 Å². The van der Waals surface area contributed by atoms with Crippen molar-refractivity contribution >= 4 is 17.2 Å². The lowest BCUT2D eigenvalue weighted by molar-refractivity contribution is 1.45. The predicted molar refractivity (Wildman–Crippen MR) is 74.5 cm³/mol. The standard InChI is InChI=1S/C17H14/c1-12-6-5-8-14(10-12)17-11-15-7-3-4-9-16(15)13(17)2/h3-11H,2H2,1H3. The summed E-state index contributed by atoms with van der Waals surface area (Å²) < 4.78 is 0. The molecule has 0 aromatic heterocycles. The molecule has 1 aliphatic rings. The van der Waals surface area contributed by atoms with Crippen LogP contribution in [0, 0.1) is 6.92 Å². The molecule has 0 nitrogen and oxygen atoms in total. The maximum absolute atomic E-state index is 4.21. The highest BCUT2D eigenvalue weighted by atomic mass is 14.2. The van der Waals surface area contributed by atoms with Gasteiger partial charge >= 0.3 is 0 Å². The molecule has 0 fully saturated rings. The van der Waals surface area contributed by atoms with Gasteiger partial charge in [0.15, 0.2) is 0 Å². The molecule has 0 amide bonds. The predicted octanol–water partition coefficient (Wildman–Crippen LogP) is 4.56. The zero-order valence-electron chi connectivity index (χ0n) is 9.90. The van der Waals surface area contributed by atoms with E-state index in [1.807, 2.05) is 0 Å². The Morgan fingerprint density at radius 2 is 1.76 bits per heavy atom. The molecule has 0 aliphatic heterocycles. The molecule has 1 aliphatic carbocycles. The molecule has 0 N–H and O–H groups in total. The van der Waals surface area contributed by atoms with Crippen LogP contribution in [0.2, 0.25) is 0 Å². The molecular formula is C17H14. The third kappa shape index (κ3) is 1.62. The van der Waals surface area contributed by atoms with Gasteiger partial charge in [-0.15, -0.1) is 0 Å². The number of allylic oxidation sites excluding steroid dienone is 2. The Morgan fingerprint density at radius 3 is 2.53 bits per heavy atom. The smallest absolute Gasteiger partial charge is 0.0105 e. The summed E-state index contributed by atoms with van der Waals surface area (Å²) in [5.74, 6) is 0. The summed E-state index contributed by atoms with van der Waals surface area (Å²) in [6.45, 7) is 6.33. The summed E-state index contributed by atoms with van der Waals surface area (Å²) in [4.78, 5) is 0. The van der Waals surface area contributed by atoms with Crippen molar-refractivity contribution < 1.29 is 0 Å². The summed E-state index contributed by atoms with van der Waals surface area (Å²) in [6, 6.07) is 17.0. The number of hydrogen-bond acceptors (Lipinski definition) is 0. The molecule has 0 saturated heterocycles. The zero-order chi connectivity index (χ0) is 11.8. The van der Waals surface area contributed by atoms with Crippen molar-refractivity contribution in [1.82, 2.24) is 0 Å². The lowest BCUT2D eigenvalue weighted by atomic mass is 9.98. The minimum absolute atomic E-state index is 1.13. The fraction of sp³-hybridized carbons (Fsp3) is 0.0588. The fourth-order valence-electron chi connectivity index (χ4n) is 2.36. The molecule has 0 heteroatoms. The first-order valence-electron chi connectivity index (χ1n) is 5.83. The van der Waals surface area contributed by atoms with Gasteiger partial charge in [0, 0.05) is 0 Å². The molecule has 82 valence electrons. The van der Waals surface area contributed by atoms with Crippen molar-refractivity contribution in [1.29, 1.82) is 0 Å². The molecule has 0 spiro atoms. The first-order valence-corrected chi connectivity index (χ1v) is 5.83. The van der Waals surface area contributed by atoms with Gasteiger partial charge in [-0.2, -0.15) is 0 Å². The molecule has 0 saturated carbocycles. The Kier molecular flexibility index (Phi) is 2.22. The van der Waals surface area contributed by atoms with E-state index < -0.39 is 0 Å². The van der Waals surface area contributed by atoms with Crippen molar-refractivity contribution in [3.63, 3.8) is 0 Å². The Balaban J connectivity index is 2.12. The first kappa shape index (κ1) is 10.1. The van der Waals surface area contributed by atoms with E-state index in [1.165, 1.54) is 27.8 Å². The number of rotatable bonds is 1. The monoisotopic (exact) mass is 218 g/mol. The van der Waals surface area contributed by atoms with Gasteiger partial charge in [0.2, 0.25) is 0 Å². The molecule has 0 bridgehead atoms. The van der Waals surface area contributed by atoms with E-state index in [9.17, 15) is 0 Å². The zero-order valence-corrected chi connectivity index (χ0v) is 9.90. The lowest BCUT2D eigenvalue weighted by Gasteiger charge is -2.06. The Hall–Kier alpha value is -2.08. The third-order valence-electron chi connectivity index (χ3n) is 3.24. The van der Waals surface area contributed by atoms with Crippen LogP contribution in [0.25, 0.3) is 17.2 Å². The van der Waals surface area contributed by atoms with Crippen LogP contribution < -0.4 is 0 Å². The average molecular weight is 218 g/mol. The van der Waals surface area contributed by atoms with Gasteiger partial charge in [-0.25, -0.2) is 0 Å². The van der Waals surface area contributed by atoms with Crippen molar-refractivity contribution in [3.05, 3.63) is 77.4 Å². The van der Waals surface area contributed by atoms with Crippen molar-refractivity contribution in [2.75, 3.05) is 0 Å². The van der Waals surface area contributed by atoms with Crippen LogP contribution in [0.1, 0.15) is 22.3 Å². The van der Waals surface area contributed by atoms with E-state index >= 15 is 0 Å². The topological polar surface area (TPSA) is 0 Å². The highest BCUT2D eigenvalue weighted by molar-refractivity contribution is 6.16. The second kappa shape index (κ2) is 3.74. The third-order valence-corrected chi connectivity index (χ3v) is 3.24. The molecule has 0 atom stereocenters. The number of benzene rings is 2. The SMILES string of the molecule is C=C1C(c2cccc(C)c2)=Cc2ccccc21. The molecule has 0 radical (unpaired) electrons. The molecule has 17 heavy (non-hydrogen) atoms. The lowest BCUT2D eigenvalue weighted by Crippen LogP contribution is -1.84. The average Bonchev–Trinajstić information content (AvgIpc) is 2.68. The summed E-state index contributed by atoms with van der Waals surface area (Å²) in [6.07, 6.45) is 2.23. The Bertz CT molecular complexity index is 630. The summed E-state index contributed by atoms with van der Waals surface area (Å²) in [5.41, 5.74) is 7.44. The van der Waals surface area contributed by atoms with Crippen molar-refractivity contribution in [2.45, 2.75) is 6.92 Å². The number of fused-ring (bicyclic) bond motifs is 1. The van der Waals surface area contributed by atoms with E-state index in [0.29, 0.717) is 0 Å². The van der Waals surface area contributed by atoms with Crippen LogP contribution in [0.5, 0.6) is 0 Å². The van der Waals surface area contributed by atoms with Crippen molar-refractivity contribution in [2.24, 2.45) is 0 Å². The van der Waals surface area contributed by atoms with Crippen LogP contribution in [0.3, 0.4) is 0 Å². The Morgan fingerprint density at radius 1 is 0.941 bits per heavy atom. The normalized spacial score (nSPS) is 13.5. The van der Waals surface area contributed by atoms with Gasteiger partial charge in [0.05, 0.1) is 0 Å². The van der Waals surface area contributed by atoms with Gasteiger partial charge in [-0.05, 0) is 40.8 Å². The summed E-state index contributed by atoms with van der Waals surface area (Å²) >= 11 is 0. The van der Waals surface area contributed by atoms with Crippen molar-refractivity contribution in [3.8, 4) is 0 Å². The molecule has 2 aromatic carbocycles. The van der Waals surface area contributed by atoms with Crippen LogP contribution in [0.4, 0.5) is 0 Å². The highest BCUT2D eigenvalue weighted by Gasteiger charge is 2.17. The molecule has 0 heterocycles. The maximum Gasteiger partial charge on any atom is -0.0105 e. The van der Waals surface area contributed by atoms with Gasteiger partial charge in [0.1, 0.15) is 0 Å². The second-order valence-corrected chi connectivity index (χ2v) is 4.49. The largest absolute Gasteiger partial charge is 0.0905 e. The van der Waals surface area contributed by atoms with Crippen LogP contribution in [0.15, 0.2) is 55.1 Å². The minimum Gasteiger partial charge on any atom is -0.0905 e. The van der Waals surface area contributed by atoms with Crippen LogP contribution in [-0.2, 0) is 0 Å². The van der Waals surface area contributed by atoms with Gasteiger partial charge in [-0.1, -0.05) is 60.7 Å². The van der Waals surface area contributed by atoms with Gasteiger partial charge in [-0.3, -0.25) is 0 Å². The quantitative estimate of drug-likeness (QED) is 0.658. The molecule has 3 rings (SSSR count). The first-order chi connectivity index (χ1) is 8.25. The van der Waals surface area contributed by atoms with Gasteiger partial charge in [0.25, 0.3) is 0 Å². The number of aryl methyl sites for hydroxylation is 1.